The van der Waals surface area contributed by atoms with E-state index in [0.717, 1.165) is 33.2 Å². The summed E-state index contributed by atoms with van der Waals surface area (Å²) in [4.78, 5) is 4.45. The fraction of sp³-hybridized carbons (Fsp3) is 0.0500. The van der Waals surface area contributed by atoms with Crippen LogP contribution in [0.4, 0.5) is 5.69 Å². The van der Waals surface area contributed by atoms with Gasteiger partial charge in [-0.15, -0.1) is 0 Å². The highest BCUT2D eigenvalue weighted by atomic mass is 16.3. The monoisotopic (exact) mass is 301 g/mol. The van der Waals surface area contributed by atoms with Crippen LogP contribution in [-0.2, 0) is 0 Å². The topological polar surface area (TPSA) is 45.7 Å². The van der Waals surface area contributed by atoms with E-state index in [-0.39, 0.29) is 5.75 Å². The van der Waals surface area contributed by atoms with Gasteiger partial charge in [-0.3, -0.25) is 4.99 Å². The number of aryl methyl sites for hydroxylation is 1. The Morgan fingerprint density at radius 3 is 2.65 bits per heavy atom. The number of aliphatic imine (C=N–C) groups is 1. The second kappa shape index (κ2) is 5.29. The van der Waals surface area contributed by atoms with E-state index < -0.39 is 0 Å². The minimum Gasteiger partial charge on any atom is -0.507 e. The van der Waals surface area contributed by atoms with Crippen LogP contribution in [0.1, 0.15) is 11.1 Å². The third-order valence-corrected chi connectivity index (χ3v) is 3.90. The Balaban J connectivity index is 1.76. The molecule has 0 aliphatic carbocycles. The molecule has 4 rings (SSSR count). The van der Waals surface area contributed by atoms with Gasteiger partial charge in [0, 0.05) is 28.6 Å². The lowest BCUT2D eigenvalue weighted by Gasteiger charge is -2.00. The Bertz CT molecular complexity index is 1040. The third-order valence-electron chi connectivity index (χ3n) is 3.90. The van der Waals surface area contributed by atoms with Crippen molar-refractivity contribution >= 4 is 33.8 Å². The van der Waals surface area contributed by atoms with Gasteiger partial charge in [0.05, 0.1) is 5.69 Å². The molecule has 4 aromatic rings. The van der Waals surface area contributed by atoms with Crippen LogP contribution < -0.4 is 0 Å². The van der Waals surface area contributed by atoms with Crippen LogP contribution in [0.2, 0.25) is 0 Å². The number of furan rings is 1. The number of fused-ring (bicyclic) bond motifs is 3. The zero-order valence-corrected chi connectivity index (χ0v) is 12.7. The minimum absolute atomic E-state index is 0.226. The third kappa shape index (κ3) is 2.46. The molecule has 3 aromatic carbocycles. The summed E-state index contributed by atoms with van der Waals surface area (Å²) in [6.07, 6.45) is 1.67. The number of nitrogens with zero attached hydrogens (tertiary/aromatic N) is 1. The van der Waals surface area contributed by atoms with Crippen LogP contribution in [0.25, 0.3) is 21.9 Å². The van der Waals surface area contributed by atoms with Crippen LogP contribution >= 0.6 is 0 Å². The van der Waals surface area contributed by atoms with Gasteiger partial charge in [0.2, 0.25) is 0 Å². The second-order valence-corrected chi connectivity index (χ2v) is 5.60. The molecule has 0 unspecified atom stereocenters. The van der Waals surface area contributed by atoms with E-state index in [0.29, 0.717) is 5.56 Å². The summed E-state index contributed by atoms with van der Waals surface area (Å²) < 4.78 is 5.86. The number of hydrogen-bond donors (Lipinski definition) is 1. The number of hydrogen-bond acceptors (Lipinski definition) is 3. The highest BCUT2D eigenvalue weighted by molar-refractivity contribution is 6.05. The van der Waals surface area contributed by atoms with E-state index >= 15 is 0 Å². The van der Waals surface area contributed by atoms with Gasteiger partial charge < -0.3 is 9.52 Å². The fourth-order valence-electron chi connectivity index (χ4n) is 2.72. The van der Waals surface area contributed by atoms with E-state index in [1.54, 1.807) is 12.3 Å². The SMILES string of the molecule is Cc1ccc(O)c(C=Nc2ccc3c(c2)oc2ccccc23)c1. The number of phenolic OH excluding ortho intramolecular Hbond substituents is 1. The molecule has 0 aliphatic heterocycles. The van der Waals surface area contributed by atoms with Crippen molar-refractivity contribution in [1.82, 2.24) is 0 Å². The van der Waals surface area contributed by atoms with Crippen molar-refractivity contribution in [2.24, 2.45) is 4.99 Å². The maximum atomic E-state index is 9.87. The molecule has 0 bridgehead atoms. The van der Waals surface area contributed by atoms with Crippen molar-refractivity contribution in [3.8, 4) is 5.75 Å². The summed E-state index contributed by atoms with van der Waals surface area (Å²) >= 11 is 0. The lowest BCUT2D eigenvalue weighted by atomic mass is 10.1. The van der Waals surface area contributed by atoms with Crippen molar-refractivity contribution in [2.75, 3.05) is 0 Å². The average molecular weight is 301 g/mol. The van der Waals surface area contributed by atoms with Gasteiger partial charge in [0.1, 0.15) is 16.9 Å². The molecular weight excluding hydrogens is 286 g/mol. The summed E-state index contributed by atoms with van der Waals surface area (Å²) in [6.45, 7) is 1.98. The lowest BCUT2D eigenvalue weighted by Crippen LogP contribution is -1.83. The van der Waals surface area contributed by atoms with Gasteiger partial charge in [0.25, 0.3) is 0 Å². The van der Waals surface area contributed by atoms with Crippen LogP contribution in [0.15, 0.2) is 70.1 Å². The lowest BCUT2D eigenvalue weighted by molar-refractivity contribution is 0.474. The first-order valence-corrected chi connectivity index (χ1v) is 7.46. The van der Waals surface area contributed by atoms with Crippen molar-refractivity contribution in [1.29, 1.82) is 0 Å². The van der Waals surface area contributed by atoms with E-state index in [1.165, 1.54) is 0 Å². The Morgan fingerprint density at radius 1 is 0.913 bits per heavy atom. The smallest absolute Gasteiger partial charge is 0.137 e. The summed E-state index contributed by atoms with van der Waals surface area (Å²) in [5, 5.41) is 12.1. The quantitative estimate of drug-likeness (QED) is 0.507. The summed E-state index contributed by atoms with van der Waals surface area (Å²) in [6, 6.07) is 19.3. The summed E-state index contributed by atoms with van der Waals surface area (Å²) in [5.41, 5.74) is 4.26. The zero-order valence-electron chi connectivity index (χ0n) is 12.7. The molecule has 3 heteroatoms. The van der Waals surface area contributed by atoms with Crippen molar-refractivity contribution < 1.29 is 9.52 Å². The molecule has 0 fully saturated rings. The van der Waals surface area contributed by atoms with Gasteiger partial charge in [-0.2, -0.15) is 0 Å². The first kappa shape index (κ1) is 13.6. The molecule has 1 aromatic heterocycles. The highest BCUT2D eigenvalue weighted by Gasteiger charge is 2.06. The fourth-order valence-corrected chi connectivity index (χ4v) is 2.72. The number of rotatable bonds is 2. The Labute approximate surface area is 133 Å². The largest absolute Gasteiger partial charge is 0.507 e. The molecule has 0 saturated heterocycles. The zero-order chi connectivity index (χ0) is 15.8. The Morgan fingerprint density at radius 2 is 1.74 bits per heavy atom. The van der Waals surface area contributed by atoms with Crippen LogP contribution in [0, 0.1) is 6.92 Å². The number of benzene rings is 3. The molecule has 0 radical (unpaired) electrons. The van der Waals surface area contributed by atoms with E-state index in [9.17, 15) is 5.11 Å². The standard InChI is InChI=1S/C20H15NO2/c1-13-6-9-18(22)14(10-13)12-21-15-7-8-17-16-4-2-3-5-19(16)23-20(17)11-15/h2-12,22H,1H3. The van der Waals surface area contributed by atoms with Gasteiger partial charge >= 0.3 is 0 Å². The van der Waals surface area contributed by atoms with E-state index in [4.69, 9.17) is 4.42 Å². The van der Waals surface area contributed by atoms with Crippen molar-refractivity contribution in [3.63, 3.8) is 0 Å². The first-order chi connectivity index (χ1) is 11.2. The highest BCUT2D eigenvalue weighted by Crippen LogP contribution is 2.31. The molecule has 23 heavy (non-hydrogen) atoms. The maximum Gasteiger partial charge on any atom is 0.137 e. The minimum atomic E-state index is 0.226. The molecule has 1 heterocycles. The Kier molecular flexibility index (Phi) is 3.12. The number of phenols is 1. The maximum absolute atomic E-state index is 9.87. The van der Waals surface area contributed by atoms with E-state index in [1.807, 2.05) is 55.5 Å². The van der Waals surface area contributed by atoms with Crippen LogP contribution in [0.3, 0.4) is 0 Å². The van der Waals surface area contributed by atoms with E-state index in [2.05, 4.69) is 11.1 Å². The Hall–Kier alpha value is -3.07. The van der Waals surface area contributed by atoms with Crippen molar-refractivity contribution in [2.45, 2.75) is 6.92 Å². The van der Waals surface area contributed by atoms with Crippen molar-refractivity contribution in [3.05, 3.63) is 71.8 Å². The average Bonchev–Trinajstić information content (AvgIpc) is 2.93. The van der Waals surface area contributed by atoms with Gasteiger partial charge in [-0.05, 0) is 37.3 Å². The van der Waals surface area contributed by atoms with Gasteiger partial charge in [-0.25, -0.2) is 0 Å². The summed E-state index contributed by atoms with van der Waals surface area (Å²) in [7, 11) is 0. The molecule has 0 saturated carbocycles. The normalized spacial score (nSPS) is 11.7. The van der Waals surface area contributed by atoms with Gasteiger partial charge in [-0.1, -0.05) is 29.8 Å². The second-order valence-electron chi connectivity index (χ2n) is 5.60. The molecule has 3 nitrogen and oxygen atoms in total. The number of aromatic hydroxyl groups is 1. The predicted octanol–water partition coefficient (Wildman–Crippen LogP) is 5.35. The molecule has 1 N–H and O–H groups in total. The molecule has 112 valence electrons. The molecule has 0 amide bonds. The molecule has 0 atom stereocenters. The van der Waals surface area contributed by atoms with Crippen LogP contribution in [-0.4, -0.2) is 11.3 Å². The van der Waals surface area contributed by atoms with Gasteiger partial charge in [0.15, 0.2) is 0 Å². The molecule has 0 spiro atoms. The number of para-hydroxylation sites is 1. The first-order valence-electron chi connectivity index (χ1n) is 7.46. The predicted molar refractivity (Wildman–Crippen MR) is 93.8 cm³/mol. The summed E-state index contributed by atoms with van der Waals surface area (Å²) in [5.74, 6) is 0.226. The molecule has 0 aliphatic rings. The molecular formula is C20H15NO2. The van der Waals surface area contributed by atoms with Crippen LogP contribution in [0.5, 0.6) is 5.75 Å².